The van der Waals surface area contributed by atoms with Crippen molar-refractivity contribution in [1.29, 1.82) is 0 Å². The van der Waals surface area contributed by atoms with Crippen LogP contribution in [0.3, 0.4) is 0 Å². The first kappa shape index (κ1) is 17.0. The number of aromatic carboxylic acids is 1. The molecule has 0 fully saturated rings. The number of aromatic nitrogens is 1. The van der Waals surface area contributed by atoms with Crippen LogP contribution in [0.15, 0.2) is 9.72 Å². The van der Waals surface area contributed by atoms with Crippen molar-refractivity contribution >= 4 is 27.3 Å². The van der Waals surface area contributed by atoms with Crippen molar-refractivity contribution in [2.24, 2.45) is 0 Å². The topological polar surface area (TPSA) is 99.6 Å². The van der Waals surface area contributed by atoms with E-state index in [1.54, 1.807) is 0 Å². The molecule has 0 aromatic carbocycles. The summed E-state index contributed by atoms with van der Waals surface area (Å²) in [5.74, 6) is -1.34. The summed E-state index contributed by atoms with van der Waals surface area (Å²) < 4.78 is 26.1. The van der Waals surface area contributed by atoms with Crippen molar-refractivity contribution in [3.05, 3.63) is 11.2 Å². The first-order valence-corrected chi connectivity index (χ1v) is 8.48. The highest BCUT2D eigenvalue weighted by atomic mass is 32.2. The quantitative estimate of drug-likeness (QED) is 0.689. The zero-order valence-electron chi connectivity index (χ0n) is 11.7. The third kappa shape index (κ3) is 4.51. The third-order valence-corrected chi connectivity index (χ3v) is 5.67. The SMILES string of the molecule is CC(C)N(C)CCCNS(=O)(=O)c1scnc1C(=O)O. The van der Waals surface area contributed by atoms with Gasteiger partial charge in [0.25, 0.3) is 10.0 Å². The zero-order valence-corrected chi connectivity index (χ0v) is 13.3. The highest BCUT2D eigenvalue weighted by molar-refractivity contribution is 7.91. The van der Waals surface area contributed by atoms with Crippen LogP contribution >= 0.6 is 11.3 Å². The van der Waals surface area contributed by atoms with Crippen LogP contribution in [0, 0.1) is 0 Å². The van der Waals surface area contributed by atoms with Crippen LogP contribution in [0.4, 0.5) is 0 Å². The number of carbonyl (C=O) groups is 1. The fourth-order valence-corrected chi connectivity index (χ4v) is 3.68. The molecule has 7 nitrogen and oxygen atoms in total. The van der Waals surface area contributed by atoms with Gasteiger partial charge in [-0.2, -0.15) is 0 Å². The maximum absolute atomic E-state index is 12.0. The fraction of sp³-hybridized carbons (Fsp3) is 0.636. The molecule has 0 amide bonds. The molecule has 1 aromatic rings. The van der Waals surface area contributed by atoms with Gasteiger partial charge in [0, 0.05) is 12.6 Å². The number of carboxylic acid groups (broad SMARTS) is 1. The minimum Gasteiger partial charge on any atom is -0.476 e. The Morgan fingerprint density at radius 3 is 2.75 bits per heavy atom. The van der Waals surface area contributed by atoms with Gasteiger partial charge in [0.15, 0.2) is 9.90 Å². The lowest BCUT2D eigenvalue weighted by Crippen LogP contribution is -2.31. The molecule has 9 heteroatoms. The van der Waals surface area contributed by atoms with Crippen molar-refractivity contribution in [2.75, 3.05) is 20.1 Å². The summed E-state index contributed by atoms with van der Waals surface area (Å²) in [4.78, 5) is 16.5. The molecule has 1 aromatic heterocycles. The molecule has 1 rings (SSSR count). The lowest BCUT2D eigenvalue weighted by atomic mass is 10.3. The average molecular weight is 321 g/mol. The second kappa shape index (κ2) is 7.11. The van der Waals surface area contributed by atoms with Crippen molar-refractivity contribution < 1.29 is 18.3 Å². The predicted octanol–water partition coefficient (Wildman–Crippen LogP) is 0.850. The summed E-state index contributed by atoms with van der Waals surface area (Å²) in [6.07, 6.45) is 0.648. The lowest BCUT2D eigenvalue weighted by molar-refractivity contribution is 0.0687. The van der Waals surface area contributed by atoms with Crippen LogP contribution in [0.5, 0.6) is 0 Å². The molecule has 1 heterocycles. The van der Waals surface area contributed by atoms with Gasteiger partial charge in [-0.25, -0.2) is 22.9 Å². The Labute approximate surface area is 122 Å². The summed E-state index contributed by atoms with van der Waals surface area (Å²) in [6.45, 7) is 5.13. The van der Waals surface area contributed by atoms with Gasteiger partial charge >= 0.3 is 5.97 Å². The number of carboxylic acids is 1. The largest absolute Gasteiger partial charge is 0.476 e. The Morgan fingerprint density at radius 2 is 2.20 bits per heavy atom. The van der Waals surface area contributed by atoms with Crippen LogP contribution in [0.2, 0.25) is 0 Å². The van der Waals surface area contributed by atoms with Crippen LogP contribution in [-0.2, 0) is 10.0 Å². The summed E-state index contributed by atoms with van der Waals surface area (Å²) in [5.41, 5.74) is 0.784. The first-order valence-electron chi connectivity index (χ1n) is 6.12. The normalized spacial score (nSPS) is 12.2. The van der Waals surface area contributed by atoms with Crippen LogP contribution < -0.4 is 4.72 Å². The monoisotopic (exact) mass is 321 g/mol. The predicted molar refractivity (Wildman–Crippen MR) is 76.6 cm³/mol. The molecule has 0 radical (unpaired) electrons. The average Bonchev–Trinajstić information content (AvgIpc) is 2.84. The number of nitrogens with one attached hydrogen (secondary N) is 1. The van der Waals surface area contributed by atoms with Crippen molar-refractivity contribution in [3.63, 3.8) is 0 Å². The highest BCUT2D eigenvalue weighted by Crippen LogP contribution is 2.19. The Bertz CT molecular complexity index is 554. The van der Waals surface area contributed by atoms with E-state index in [0.29, 0.717) is 12.5 Å². The minimum absolute atomic E-state index is 0.248. The van der Waals surface area contributed by atoms with Gasteiger partial charge in [0.05, 0.1) is 5.51 Å². The minimum atomic E-state index is -3.80. The molecule has 0 saturated heterocycles. The van der Waals surface area contributed by atoms with Crippen LogP contribution in [0.1, 0.15) is 30.8 Å². The van der Waals surface area contributed by atoms with E-state index in [2.05, 4.69) is 28.5 Å². The van der Waals surface area contributed by atoms with E-state index in [9.17, 15) is 13.2 Å². The van der Waals surface area contributed by atoms with E-state index in [1.807, 2.05) is 7.05 Å². The second-order valence-corrected chi connectivity index (χ2v) is 7.44. The molecule has 20 heavy (non-hydrogen) atoms. The van der Waals surface area contributed by atoms with E-state index in [0.717, 1.165) is 17.9 Å². The molecule has 0 bridgehead atoms. The zero-order chi connectivity index (χ0) is 15.3. The van der Waals surface area contributed by atoms with Gasteiger partial charge in [-0.1, -0.05) is 0 Å². The van der Waals surface area contributed by atoms with Crippen LogP contribution in [-0.4, -0.2) is 55.6 Å². The Balaban J connectivity index is 2.58. The fourth-order valence-electron chi connectivity index (χ4n) is 1.43. The summed E-state index contributed by atoms with van der Waals surface area (Å²) in [7, 11) is -1.84. The molecule has 114 valence electrons. The maximum atomic E-state index is 12.0. The van der Waals surface area contributed by atoms with Gasteiger partial charge in [-0.05, 0) is 33.9 Å². The van der Waals surface area contributed by atoms with Gasteiger partial charge in [-0.3, -0.25) is 0 Å². The van der Waals surface area contributed by atoms with Crippen molar-refractivity contribution in [1.82, 2.24) is 14.6 Å². The van der Waals surface area contributed by atoms with E-state index in [-0.39, 0.29) is 10.8 Å². The van der Waals surface area contributed by atoms with Crippen LogP contribution in [0.25, 0.3) is 0 Å². The van der Waals surface area contributed by atoms with E-state index in [4.69, 9.17) is 5.11 Å². The molecule has 2 N–H and O–H groups in total. The second-order valence-electron chi connectivity index (χ2n) is 4.62. The number of hydrogen-bond donors (Lipinski definition) is 2. The molecule has 0 aliphatic heterocycles. The Kier molecular flexibility index (Phi) is 6.06. The highest BCUT2D eigenvalue weighted by Gasteiger charge is 2.25. The maximum Gasteiger partial charge on any atom is 0.356 e. The summed E-state index contributed by atoms with van der Waals surface area (Å²) in [5, 5.41) is 8.87. The van der Waals surface area contributed by atoms with E-state index in [1.165, 1.54) is 5.51 Å². The summed E-state index contributed by atoms with van der Waals surface area (Å²) >= 11 is 0.801. The Hall–Kier alpha value is -1.03. The first-order chi connectivity index (χ1) is 9.25. The number of hydrogen-bond acceptors (Lipinski definition) is 6. The number of sulfonamides is 1. The molecule has 0 saturated carbocycles. The van der Waals surface area contributed by atoms with Gasteiger partial charge < -0.3 is 10.0 Å². The van der Waals surface area contributed by atoms with E-state index >= 15 is 0 Å². The third-order valence-electron chi connectivity index (χ3n) is 2.84. The van der Waals surface area contributed by atoms with Crippen molar-refractivity contribution in [3.8, 4) is 0 Å². The molecular formula is C11H19N3O4S2. The van der Waals surface area contributed by atoms with Gasteiger partial charge in [0.1, 0.15) is 0 Å². The molecule has 0 aliphatic carbocycles. The van der Waals surface area contributed by atoms with Gasteiger partial charge in [0.2, 0.25) is 0 Å². The van der Waals surface area contributed by atoms with Crippen molar-refractivity contribution in [2.45, 2.75) is 30.5 Å². The molecule has 0 aliphatic rings. The lowest BCUT2D eigenvalue weighted by Gasteiger charge is -2.20. The van der Waals surface area contributed by atoms with E-state index < -0.39 is 21.7 Å². The standard InChI is InChI=1S/C11H19N3O4S2/c1-8(2)14(3)6-4-5-13-20(17,18)11-9(10(15)16)12-7-19-11/h7-8,13H,4-6H2,1-3H3,(H,15,16). The molecule has 0 unspecified atom stereocenters. The number of rotatable bonds is 8. The smallest absolute Gasteiger partial charge is 0.356 e. The Morgan fingerprint density at radius 1 is 1.55 bits per heavy atom. The van der Waals surface area contributed by atoms with Gasteiger partial charge in [-0.15, -0.1) is 11.3 Å². The number of nitrogens with zero attached hydrogens (tertiary/aromatic N) is 2. The molecular weight excluding hydrogens is 302 g/mol. The molecule has 0 spiro atoms. The molecule has 0 atom stereocenters. The number of thiazole rings is 1. The summed E-state index contributed by atoms with van der Waals surface area (Å²) in [6, 6.07) is 0.395.